The molecule has 6 heteroatoms. The van der Waals surface area contributed by atoms with Crippen LogP contribution in [0.15, 0.2) is 40.2 Å². The molecule has 0 radical (unpaired) electrons. The average Bonchev–Trinajstić information content (AvgIpc) is 3.00. The summed E-state index contributed by atoms with van der Waals surface area (Å²) in [5.41, 5.74) is 0.572. The number of benzene rings is 1. The van der Waals surface area contributed by atoms with Crippen LogP contribution >= 0.6 is 23.1 Å². The zero-order valence-electron chi connectivity index (χ0n) is 11.2. The molecule has 1 aromatic heterocycles. The van der Waals surface area contributed by atoms with Crippen molar-refractivity contribution in [2.75, 3.05) is 19.4 Å². The molecule has 0 spiro atoms. The molecule has 1 amide bonds. The van der Waals surface area contributed by atoms with Gasteiger partial charge in [-0.1, -0.05) is 23.9 Å². The lowest BCUT2D eigenvalue weighted by atomic mass is 10.2. The quantitative estimate of drug-likeness (QED) is 0.631. The van der Waals surface area contributed by atoms with Crippen molar-refractivity contribution in [3.8, 4) is 5.75 Å². The predicted octanol–water partition coefficient (Wildman–Crippen LogP) is 3.06. The van der Waals surface area contributed by atoms with E-state index in [1.165, 1.54) is 0 Å². The molecule has 2 rings (SSSR count). The smallest absolute Gasteiger partial charge is 0.255 e. The van der Waals surface area contributed by atoms with Crippen LogP contribution in [0.5, 0.6) is 5.75 Å². The van der Waals surface area contributed by atoms with Crippen LogP contribution in [0.3, 0.4) is 0 Å². The Labute approximate surface area is 126 Å². The van der Waals surface area contributed by atoms with Gasteiger partial charge in [-0.3, -0.25) is 4.79 Å². The fourth-order valence-corrected chi connectivity index (χ4v) is 3.29. The average molecular weight is 308 g/mol. The normalized spacial score (nSPS) is 10.2. The van der Waals surface area contributed by atoms with Crippen LogP contribution in [0.1, 0.15) is 16.8 Å². The monoisotopic (exact) mass is 308 g/mol. The van der Waals surface area contributed by atoms with Crippen molar-refractivity contribution in [1.29, 1.82) is 0 Å². The molecule has 4 nitrogen and oxygen atoms in total. The number of para-hydroxylation sites is 1. The van der Waals surface area contributed by atoms with Crippen molar-refractivity contribution in [3.05, 3.63) is 41.4 Å². The zero-order chi connectivity index (χ0) is 14.2. The number of nitrogens with one attached hydrogen (secondary N) is 1. The van der Waals surface area contributed by atoms with Gasteiger partial charge in [0.15, 0.2) is 0 Å². The van der Waals surface area contributed by atoms with E-state index in [9.17, 15) is 4.79 Å². The van der Waals surface area contributed by atoms with Crippen molar-refractivity contribution in [3.63, 3.8) is 0 Å². The van der Waals surface area contributed by atoms with E-state index >= 15 is 0 Å². The fraction of sp³-hybridized carbons (Fsp3) is 0.286. The number of methoxy groups -OCH3 is 1. The predicted molar refractivity (Wildman–Crippen MR) is 82.8 cm³/mol. The number of hydrogen-bond donors (Lipinski definition) is 1. The molecule has 0 atom stereocenters. The molecule has 1 aromatic carbocycles. The summed E-state index contributed by atoms with van der Waals surface area (Å²) in [5.74, 6) is 1.45. The molecule has 0 saturated carbocycles. The second-order valence-electron chi connectivity index (χ2n) is 3.96. The van der Waals surface area contributed by atoms with Crippen molar-refractivity contribution in [1.82, 2.24) is 10.3 Å². The Morgan fingerprint density at radius 3 is 3.05 bits per heavy atom. The third kappa shape index (κ3) is 4.25. The maximum atomic E-state index is 12.0. The molecule has 0 aliphatic carbocycles. The van der Waals surface area contributed by atoms with Gasteiger partial charge in [-0.2, -0.15) is 0 Å². The summed E-state index contributed by atoms with van der Waals surface area (Å²) in [6, 6.07) is 7.22. The van der Waals surface area contributed by atoms with Gasteiger partial charge in [-0.15, -0.1) is 11.3 Å². The van der Waals surface area contributed by atoms with E-state index in [1.807, 2.05) is 17.5 Å². The largest absolute Gasteiger partial charge is 0.496 e. The van der Waals surface area contributed by atoms with Gasteiger partial charge in [0.05, 0.1) is 12.7 Å². The molecule has 106 valence electrons. The van der Waals surface area contributed by atoms with Gasteiger partial charge in [0.1, 0.15) is 10.1 Å². The van der Waals surface area contributed by atoms with Crippen LogP contribution < -0.4 is 10.1 Å². The second kappa shape index (κ2) is 7.91. The zero-order valence-corrected chi connectivity index (χ0v) is 12.8. The van der Waals surface area contributed by atoms with Crippen LogP contribution in [0.4, 0.5) is 0 Å². The molecular weight excluding hydrogens is 292 g/mol. The Morgan fingerprint density at radius 2 is 2.30 bits per heavy atom. The van der Waals surface area contributed by atoms with Crippen LogP contribution in [-0.2, 0) is 0 Å². The summed E-state index contributed by atoms with van der Waals surface area (Å²) in [6.45, 7) is 0.648. The Kier molecular flexibility index (Phi) is 5.88. The molecule has 0 aliphatic rings. The van der Waals surface area contributed by atoms with E-state index in [1.54, 1.807) is 48.5 Å². The van der Waals surface area contributed by atoms with Gasteiger partial charge >= 0.3 is 0 Å². The van der Waals surface area contributed by atoms with Crippen molar-refractivity contribution >= 4 is 29.0 Å². The number of hydrogen-bond acceptors (Lipinski definition) is 5. The van der Waals surface area contributed by atoms with Gasteiger partial charge in [-0.25, -0.2) is 4.98 Å². The standard InChI is InChI=1S/C14H16N2O2S2/c1-18-12-6-3-2-5-11(12)13(17)15-7-4-9-19-14-16-8-10-20-14/h2-3,5-6,8,10H,4,7,9H2,1H3,(H,15,17). The minimum atomic E-state index is -0.0956. The minimum absolute atomic E-state index is 0.0956. The number of nitrogens with zero attached hydrogens (tertiary/aromatic N) is 1. The lowest BCUT2D eigenvalue weighted by molar-refractivity contribution is 0.0951. The first kappa shape index (κ1) is 14.9. The molecule has 0 bridgehead atoms. The van der Waals surface area contributed by atoms with Crippen LogP contribution in [0.25, 0.3) is 0 Å². The topological polar surface area (TPSA) is 51.2 Å². The first-order chi connectivity index (χ1) is 9.81. The highest BCUT2D eigenvalue weighted by molar-refractivity contribution is 8.00. The van der Waals surface area contributed by atoms with E-state index in [0.29, 0.717) is 17.9 Å². The maximum absolute atomic E-state index is 12.0. The number of amides is 1. The summed E-state index contributed by atoms with van der Waals surface area (Å²) in [7, 11) is 1.57. The summed E-state index contributed by atoms with van der Waals surface area (Å²) >= 11 is 3.35. The number of carbonyl (C=O) groups is 1. The lowest BCUT2D eigenvalue weighted by Gasteiger charge is -2.08. The summed E-state index contributed by atoms with van der Waals surface area (Å²) < 4.78 is 6.24. The second-order valence-corrected chi connectivity index (χ2v) is 6.19. The van der Waals surface area contributed by atoms with Crippen molar-refractivity contribution in [2.24, 2.45) is 0 Å². The van der Waals surface area contributed by atoms with E-state index in [0.717, 1.165) is 16.5 Å². The van der Waals surface area contributed by atoms with Gasteiger partial charge in [0.2, 0.25) is 0 Å². The molecule has 1 heterocycles. The molecule has 0 aliphatic heterocycles. The Balaban J connectivity index is 1.72. The number of ether oxygens (including phenoxy) is 1. The lowest BCUT2D eigenvalue weighted by Crippen LogP contribution is -2.25. The van der Waals surface area contributed by atoms with Crippen LogP contribution in [-0.4, -0.2) is 30.3 Å². The van der Waals surface area contributed by atoms with Crippen molar-refractivity contribution in [2.45, 2.75) is 10.8 Å². The van der Waals surface area contributed by atoms with Crippen molar-refractivity contribution < 1.29 is 9.53 Å². The van der Waals surface area contributed by atoms with Gasteiger partial charge < -0.3 is 10.1 Å². The van der Waals surface area contributed by atoms with Gasteiger partial charge in [0, 0.05) is 23.9 Å². The minimum Gasteiger partial charge on any atom is -0.496 e. The number of rotatable bonds is 7. The highest BCUT2D eigenvalue weighted by atomic mass is 32.2. The molecule has 1 N–H and O–H groups in total. The highest BCUT2D eigenvalue weighted by Crippen LogP contribution is 2.20. The highest BCUT2D eigenvalue weighted by Gasteiger charge is 2.10. The van der Waals surface area contributed by atoms with Gasteiger partial charge in [0.25, 0.3) is 5.91 Å². The summed E-state index contributed by atoms with van der Waals surface area (Å²) in [4.78, 5) is 16.2. The summed E-state index contributed by atoms with van der Waals surface area (Å²) in [5, 5.41) is 4.87. The third-order valence-corrected chi connectivity index (χ3v) is 4.65. The molecule has 0 saturated heterocycles. The van der Waals surface area contributed by atoms with E-state index in [-0.39, 0.29) is 5.91 Å². The molecule has 2 aromatic rings. The fourth-order valence-electron chi connectivity index (χ4n) is 1.64. The van der Waals surface area contributed by atoms with Crippen LogP contribution in [0.2, 0.25) is 0 Å². The Hall–Kier alpha value is -1.53. The van der Waals surface area contributed by atoms with Crippen LogP contribution in [0, 0.1) is 0 Å². The first-order valence-electron chi connectivity index (χ1n) is 6.25. The molecule has 0 unspecified atom stereocenters. The third-order valence-electron chi connectivity index (χ3n) is 2.59. The van der Waals surface area contributed by atoms with E-state index in [4.69, 9.17) is 4.74 Å². The van der Waals surface area contributed by atoms with E-state index < -0.39 is 0 Å². The number of carbonyl (C=O) groups excluding carboxylic acids is 1. The number of thiazole rings is 1. The molecule has 0 fully saturated rings. The number of aromatic nitrogens is 1. The summed E-state index contributed by atoms with van der Waals surface area (Å²) in [6.07, 6.45) is 2.71. The molecular formula is C14H16N2O2S2. The van der Waals surface area contributed by atoms with Gasteiger partial charge in [-0.05, 0) is 18.6 Å². The Morgan fingerprint density at radius 1 is 1.45 bits per heavy atom. The molecule has 20 heavy (non-hydrogen) atoms. The SMILES string of the molecule is COc1ccccc1C(=O)NCCCSc1nccs1. The number of thioether (sulfide) groups is 1. The Bertz CT molecular complexity index is 544. The first-order valence-corrected chi connectivity index (χ1v) is 8.11. The maximum Gasteiger partial charge on any atom is 0.255 e. The van der Waals surface area contributed by atoms with E-state index in [2.05, 4.69) is 10.3 Å².